The SMILES string of the molecule is Fc1ccc(C2=[C+]CC=CC=C2)cc1. The summed E-state index contributed by atoms with van der Waals surface area (Å²) in [5.74, 6) is -0.204. The zero-order chi connectivity index (χ0) is 9.80. The van der Waals surface area contributed by atoms with E-state index < -0.39 is 0 Å². The molecular weight excluding hydrogens is 175 g/mol. The average Bonchev–Trinajstić information content (AvgIpc) is 2.47. The summed E-state index contributed by atoms with van der Waals surface area (Å²) >= 11 is 0. The second kappa shape index (κ2) is 3.99. The van der Waals surface area contributed by atoms with Gasteiger partial charge in [0.1, 0.15) is 5.82 Å². The van der Waals surface area contributed by atoms with E-state index in [1.165, 1.54) is 12.1 Å². The van der Waals surface area contributed by atoms with Crippen LogP contribution in [-0.4, -0.2) is 0 Å². The Hall–Kier alpha value is -1.72. The fraction of sp³-hybridized carbons (Fsp3) is 0.0769. The Morgan fingerprint density at radius 3 is 2.64 bits per heavy atom. The van der Waals surface area contributed by atoms with Gasteiger partial charge in [0.05, 0.1) is 18.1 Å². The first-order valence-electron chi connectivity index (χ1n) is 4.56. The fourth-order valence-corrected chi connectivity index (χ4v) is 1.35. The first-order chi connectivity index (χ1) is 6.86. The van der Waals surface area contributed by atoms with Gasteiger partial charge in [-0.2, -0.15) is 0 Å². The Bertz CT molecular complexity index is 394. The number of hydrogen-bond donors (Lipinski definition) is 0. The highest BCUT2D eigenvalue weighted by Crippen LogP contribution is 2.18. The summed E-state index contributed by atoms with van der Waals surface area (Å²) in [5.41, 5.74) is 2.03. The Labute approximate surface area is 83.1 Å². The first kappa shape index (κ1) is 8.86. The topological polar surface area (TPSA) is 0 Å². The summed E-state index contributed by atoms with van der Waals surface area (Å²) < 4.78 is 12.7. The standard InChI is InChI=1S/C13H10F/c14-13-9-7-12(8-10-13)11-5-3-1-2-4-6-11/h1-3,5,7-10H,4H2/q+1. The molecule has 2 rings (SSSR count). The van der Waals surface area contributed by atoms with E-state index in [0.717, 1.165) is 17.6 Å². The van der Waals surface area contributed by atoms with Crippen molar-refractivity contribution in [3.8, 4) is 0 Å². The highest BCUT2D eigenvalue weighted by molar-refractivity contribution is 5.73. The van der Waals surface area contributed by atoms with Crippen LogP contribution in [0.15, 0.2) is 48.6 Å². The smallest absolute Gasteiger partial charge is 0.191 e. The van der Waals surface area contributed by atoms with E-state index in [-0.39, 0.29) is 5.82 Å². The van der Waals surface area contributed by atoms with Gasteiger partial charge in [-0.25, -0.2) is 4.39 Å². The van der Waals surface area contributed by atoms with E-state index >= 15 is 0 Å². The molecular formula is C13H10F+. The molecule has 14 heavy (non-hydrogen) atoms. The van der Waals surface area contributed by atoms with Crippen molar-refractivity contribution in [1.29, 1.82) is 0 Å². The first-order valence-corrected chi connectivity index (χ1v) is 4.56. The van der Waals surface area contributed by atoms with Gasteiger partial charge in [-0.15, -0.1) is 0 Å². The molecule has 0 nitrogen and oxygen atoms in total. The van der Waals surface area contributed by atoms with Crippen molar-refractivity contribution in [2.75, 3.05) is 0 Å². The van der Waals surface area contributed by atoms with Gasteiger partial charge >= 0.3 is 0 Å². The molecule has 1 aliphatic carbocycles. The Kier molecular flexibility index (Phi) is 2.53. The highest BCUT2D eigenvalue weighted by Gasteiger charge is 2.09. The van der Waals surface area contributed by atoms with Gasteiger partial charge in [-0.3, -0.25) is 0 Å². The molecule has 0 aromatic heterocycles. The molecule has 0 spiro atoms. The zero-order valence-corrected chi connectivity index (χ0v) is 7.70. The van der Waals surface area contributed by atoms with Crippen LogP contribution in [-0.2, 0) is 0 Å². The molecule has 0 aliphatic heterocycles. The maximum Gasteiger partial charge on any atom is 0.191 e. The van der Waals surface area contributed by atoms with Crippen molar-refractivity contribution < 1.29 is 4.39 Å². The maximum absolute atomic E-state index is 12.7. The van der Waals surface area contributed by atoms with E-state index in [0.29, 0.717) is 0 Å². The summed E-state index contributed by atoms with van der Waals surface area (Å²) in [6, 6.07) is 6.48. The molecule has 1 heteroatoms. The molecule has 0 heterocycles. The quantitative estimate of drug-likeness (QED) is 0.587. The Morgan fingerprint density at radius 2 is 1.86 bits per heavy atom. The van der Waals surface area contributed by atoms with E-state index in [1.807, 2.05) is 24.3 Å². The van der Waals surface area contributed by atoms with E-state index in [4.69, 9.17) is 0 Å². The Balaban J connectivity index is 2.31. The minimum Gasteiger partial charge on any atom is -0.207 e. The van der Waals surface area contributed by atoms with Crippen molar-refractivity contribution in [2.45, 2.75) is 6.42 Å². The highest BCUT2D eigenvalue weighted by atomic mass is 19.1. The largest absolute Gasteiger partial charge is 0.207 e. The minimum absolute atomic E-state index is 0.204. The lowest BCUT2D eigenvalue weighted by atomic mass is 10.1. The van der Waals surface area contributed by atoms with Gasteiger partial charge in [0.2, 0.25) is 0 Å². The van der Waals surface area contributed by atoms with Crippen molar-refractivity contribution in [3.63, 3.8) is 0 Å². The summed E-state index contributed by atoms with van der Waals surface area (Å²) in [6.45, 7) is 0. The van der Waals surface area contributed by atoms with Crippen LogP contribution < -0.4 is 0 Å². The predicted molar refractivity (Wildman–Crippen MR) is 55.9 cm³/mol. The normalized spacial score (nSPS) is 14.5. The number of rotatable bonds is 1. The van der Waals surface area contributed by atoms with Gasteiger partial charge in [-0.1, -0.05) is 12.2 Å². The maximum atomic E-state index is 12.7. The van der Waals surface area contributed by atoms with Crippen LogP contribution in [0.2, 0.25) is 0 Å². The van der Waals surface area contributed by atoms with Crippen LogP contribution in [0.25, 0.3) is 5.57 Å². The molecule has 0 bridgehead atoms. The zero-order valence-electron chi connectivity index (χ0n) is 7.70. The molecule has 1 aromatic carbocycles. The van der Waals surface area contributed by atoms with Gasteiger partial charge < -0.3 is 0 Å². The van der Waals surface area contributed by atoms with E-state index in [1.54, 1.807) is 12.1 Å². The minimum atomic E-state index is -0.204. The number of hydrogen-bond acceptors (Lipinski definition) is 0. The molecule has 0 saturated heterocycles. The second-order valence-corrected chi connectivity index (χ2v) is 3.09. The fourth-order valence-electron chi connectivity index (χ4n) is 1.35. The molecule has 0 atom stereocenters. The summed E-state index contributed by atoms with van der Waals surface area (Å²) in [7, 11) is 0. The van der Waals surface area contributed by atoms with Crippen molar-refractivity contribution in [1.82, 2.24) is 0 Å². The number of benzene rings is 1. The molecule has 0 radical (unpaired) electrons. The third-order valence-corrected chi connectivity index (χ3v) is 2.08. The van der Waals surface area contributed by atoms with Crippen LogP contribution in [0.1, 0.15) is 12.0 Å². The van der Waals surface area contributed by atoms with Crippen LogP contribution in [0.5, 0.6) is 0 Å². The van der Waals surface area contributed by atoms with Crippen LogP contribution >= 0.6 is 0 Å². The molecule has 0 fully saturated rings. The lowest BCUT2D eigenvalue weighted by molar-refractivity contribution is 0.627. The Morgan fingerprint density at radius 1 is 1.07 bits per heavy atom. The summed E-state index contributed by atoms with van der Waals surface area (Å²) in [6.07, 6.45) is 12.0. The van der Waals surface area contributed by atoms with E-state index in [2.05, 4.69) is 6.08 Å². The van der Waals surface area contributed by atoms with Crippen molar-refractivity contribution in [2.24, 2.45) is 0 Å². The van der Waals surface area contributed by atoms with Crippen LogP contribution in [0, 0.1) is 11.9 Å². The lowest BCUT2D eigenvalue weighted by Gasteiger charge is -1.90. The van der Waals surface area contributed by atoms with Crippen molar-refractivity contribution in [3.05, 3.63) is 66.0 Å². The van der Waals surface area contributed by atoms with Gasteiger partial charge in [0.15, 0.2) is 5.57 Å². The molecule has 0 saturated carbocycles. The average molecular weight is 185 g/mol. The molecule has 0 N–H and O–H groups in total. The summed E-state index contributed by atoms with van der Waals surface area (Å²) in [5, 5.41) is 0. The molecule has 68 valence electrons. The third kappa shape index (κ3) is 1.95. The van der Waals surface area contributed by atoms with Crippen LogP contribution in [0.3, 0.4) is 0 Å². The summed E-state index contributed by atoms with van der Waals surface area (Å²) in [4.78, 5) is 0. The van der Waals surface area contributed by atoms with Gasteiger partial charge in [-0.05, 0) is 18.2 Å². The number of halogens is 1. The van der Waals surface area contributed by atoms with Gasteiger partial charge in [0, 0.05) is 18.2 Å². The lowest BCUT2D eigenvalue weighted by Crippen LogP contribution is -1.81. The molecule has 0 amide bonds. The molecule has 1 aliphatic rings. The molecule has 1 aromatic rings. The van der Waals surface area contributed by atoms with Crippen LogP contribution in [0.4, 0.5) is 4.39 Å². The second-order valence-electron chi connectivity index (χ2n) is 3.09. The van der Waals surface area contributed by atoms with E-state index in [9.17, 15) is 4.39 Å². The van der Waals surface area contributed by atoms with Gasteiger partial charge in [0.25, 0.3) is 0 Å². The third-order valence-electron chi connectivity index (χ3n) is 2.08. The monoisotopic (exact) mass is 185 g/mol. The molecule has 0 unspecified atom stereocenters. The van der Waals surface area contributed by atoms with Crippen molar-refractivity contribution >= 4 is 5.57 Å². The predicted octanol–water partition coefficient (Wildman–Crippen LogP) is 3.53. The number of allylic oxidation sites excluding steroid dienone is 6.